The van der Waals surface area contributed by atoms with Crippen molar-refractivity contribution < 1.29 is 0 Å². The van der Waals surface area contributed by atoms with Gasteiger partial charge in [-0.15, -0.1) is 0 Å². The predicted molar refractivity (Wildman–Crippen MR) is 43.1 cm³/mol. The van der Waals surface area contributed by atoms with Crippen LogP contribution in [0.4, 0.5) is 0 Å². The van der Waals surface area contributed by atoms with Crippen molar-refractivity contribution in [3.8, 4) is 0 Å². The average Bonchev–Trinajstić information content (AvgIpc) is 2.29. The van der Waals surface area contributed by atoms with E-state index in [0.29, 0.717) is 17.3 Å². The molecule has 0 spiro atoms. The van der Waals surface area contributed by atoms with Crippen LogP contribution in [0.25, 0.3) is 5.78 Å². The molecule has 1 N–H and O–H groups in total. The molecule has 2 heterocycles. The van der Waals surface area contributed by atoms with E-state index in [1.165, 1.54) is 10.6 Å². The second-order valence-corrected chi connectivity index (χ2v) is 2.68. The smallest absolute Gasteiger partial charge is 0.274 e. The molecule has 0 aliphatic rings. The van der Waals surface area contributed by atoms with Crippen molar-refractivity contribution in [1.29, 1.82) is 0 Å². The van der Waals surface area contributed by atoms with Gasteiger partial charge in [0.1, 0.15) is 5.82 Å². The van der Waals surface area contributed by atoms with Crippen LogP contribution in [0, 0.1) is 13.8 Å². The fourth-order valence-corrected chi connectivity index (χ4v) is 1.10. The maximum Gasteiger partial charge on any atom is 0.274 e. The highest BCUT2D eigenvalue weighted by Crippen LogP contribution is 1.94. The van der Waals surface area contributed by atoms with E-state index in [1.807, 2.05) is 0 Å². The standard InChI is InChI=1S/C7H8N4O/c1-4-3-6(12)11-7(8-4)9-5(2)10-11/h3H,1-2H3,(H,8,9,10). The Hall–Kier alpha value is -1.65. The van der Waals surface area contributed by atoms with Crippen molar-refractivity contribution in [2.75, 3.05) is 0 Å². The molecule has 0 amide bonds. The van der Waals surface area contributed by atoms with Gasteiger partial charge in [-0.05, 0) is 13.8 Å². The summed E-state index contributed by atoms with van der Waals surface area (Å²) < 4.78 is 1.32. The molecule has 0 fully saturated rings. The number of aromatic amines is 1. The molecule has 62 valence electrons. The van der Waals surface area contributed by atoms with E-state index in [0.717, 1.165) is 0 Å². The van der Waals surface area contributed by atoms with Gasteiger partial charge in [-0.2, -0.15) is 9.50 Å². The third-order valence-electron chi connectivity index (χ3n) is 1.57. The van der Waals surface area contributed by atoms with Gasteiger partial charge in [-0.3, -0.25) is 9.89 Å². The van der Waals surface area contributed by atoms with Crippen molar-refractivity contribution in [3.05, 3.63) is 27.9 Å². The van der Waals surface area contributed by atoms with Gasteiger partial charge in [0.15, 0.2) is 0 Å². The highest BCUT2D eigenvalue weighted by Gasteiger charge is 2.01. The zero-order valence-corrected chi connectivity index (χ0v) is 6.83. The van der Waals surface area contributed by atoms with E-state index in [2.05, 4.69) is 15.1 Å². The summed E-state index contributed by atoms with van der Waals surface area (Å²) in [5.41, 5.74) is 0.560. The normalized spacial score (nSPS) is 10.8. The molecule has 5 nitrogen and oxygen atoms in total. The van der Waals surface area contributed by atoms with Crippen molar-refractivity contribution in [1.82, 2.24) is 19.6 Å². The highest BCUT2D eigenvalue weighted by molar-refractivity contribution is 5.27. The van der Waals surface area contributed by atoms with E-state index in [9.17, 15) is 4.79 Å². The summed E-state index contributed by atoms with van der Waals surface area (Å²) in [6.45, 7) is 3.55. The zero-order valence-electron chi connectivity index (χ0n) is 6.83. The SMILES string of the molecule is Cc1cc(=O)n2[nH]c(C)nc2n1. The third-order valence-corrected chi connectivity index (χ3v) is 1.57. The Morgan fingerprint density at radius 1 is 1.42 bits per heavy atom. The minimum atomic E-state index is -0.127. The molecule has 0 atom stereocenters. The van der Waals surface area contributed by atoms with Crippen LogP contribution in [0.2, 0.25) is 0 Å². The number of fused-ring (bicyclic) bond motifs is 1. The van der Waals surface area contributed by atoms with Crippen LogP contribution in [0.15, 0.2) is 10.9 Å². The zero-order chi connectivity index (χ0) is 8.72. The molecule has 0 aromatic carbocycles. The van der Waals surface area contributed by atoms with E-state index < -0.39 is 0 Å². The Balaban J connectivity index is 2.98. The number of hydrogen-bond acceptors (Lipinski definition) is 3. The molecule has 2 rings (SSSR count). The summed E-state index contributed by atoms with van der Waals surface area (Å²) >= 11 is 0. The maximum absolute atomic E-state index is 11.3. The van der Waals surface area contributed by atoms with Crippen molar-refractivity contribution in [2.24, 2.45) is 0 Å². The van der Waals surface area contributed by atoms with Crippen LogP contribution < -0.4 is 5.56 Å². The molecule has 0 bridgehead atoms. The summed E-state index contributed by atoms with van der Waals surface area (Å²) in [5, 5.41) is 2.78. The minimum Gasteiger partial charge on any atom is -0.275 e. The highest BCUT2D eigenvalue weighted by atomic mass is 16.1. The first kappa shape index (κ1) is 7.02. The number of aromatic nitrogens is 4. The first-order valence-corrected chi connectivity index (χ1v) is 3.60. The summed E-state index contributed by atoms with van der Waals surface area (Å²) in [5.74, 6) is 1.11. The molecule has 5 heteroatoms. The maximum atomic E-state index is 11.3. The molecule has 0 aliphatic heterocycles. The van der Waals surface area contributed by atoms with Gasteiger partial charge in [0.25, 0.3) is 11.3 Å². The van der Waals surface area contributed by atoms with Crippen LogP contribution in [-0.4, -0.2) is 19.6 Å². The number of nitrogens with one attached hydrogen (secondary N) is 1. The molecule has 0 unspecified atom stereocenters. The van der Waals surface area contributed by atoms with Crippen molar-refractivity contribution >= 4 is 5.78 Å². The molecule has 2 aromatic heterocycles. The number of nitrogens with zero attached hydrogens (tertiary/aromatic N) is 3. The number of rotatable bonds is 0. The average molecular weight is 164 g/mol. The van der Waals surface area contributed by atoms with Gasteiger partial charge in [0, 0.05) is 11.8 Å². The Bertz CT molecular complexity index is 482. The summed E-state index contributed by atoms with van der Waals surface area (Å²) in [6.07, 6.45) is 0. The van der Waals surface area contributed by atoms with Gasteiger partial charge in [0.2, 0.25) is 0 Å². The van der Waals surface area contributed by atoms with Crippen molar-refractivity contribution in [2.45, 2.75) is 13.8 Å². The van der Waals surface area contributed by atoms with Crippen LogP contribution in [0.5, 0.6) is 0 Å². The van der Waals surface area contributed by atoms with Gasteiger partial charge >= 0.3 is 0 Å². The monoisotopic (exact) mass is 164 g/mol. The molecule has 0 saturated heterocycles. The molecular formula is C7H8N4O. The largest absolute Gasteiger partial charge is 0.275 e. The molecule has 12 heavy (non-hydrogen) atoms. The van der Waals surface area contributed by atoms with Gasteiger partial charge < -0.3 is 0 Å². The summed E-state index contributed by atoms with van der Waals surface area (Å²) in [6, 6.07) is 1.46. The lowest BCUT2D eigenvalue weighted by Crippen LogP contribution is -2.14. The predicted octanol–water partition coefficient (Wildman–Crippen LogP) is 0.0344. The molecule has 2 aromatic rings. The number of hydrogen-bond donors (Lipinski definition) is 1. The Morgan fingerprint density at radius 3 is 2.92 bits per heavy atom. The van der Waals surface area contributed by atoms with E-state index >= 15 is 0 Å². The topological polar surface area (TPSA) is 63.0 Å². The first-order chi connectivity index (χ1) is 5.66. The number of H-pyrrole nitrogens is 1. The summed E-state index contributed by atoms with van der Waals surface area (Å²) in [4.78, 5) is 19.4. The lowest BCUT2D eigenvalue weighted by Gasteiger charge is -1.90. The lowest BCUT2D eigenvalue weighted by atomic mass is 10.5. The van der Waals surface area contributed by atoms with Gasteiger partial charge in [-0.25, -0.2) is 4.98 Å². The quantitative estimate of drug-likeness (QED) is 0.597. The molecular weight excluding hydrogens is 156 g/mol. The lowest BCUT2D eigenvalue weighted by molar-refractivity contribution is 0.873. The third kappa shape index (κ3) is 0.903. The second kappa shape index (κ2) is 2.17. The van der Waals surface area contributed by atoms with E-state index in [4.69, 9.17) is 0 Å². The van der Waals surface area contributed by atoms with Gasteiger partial charge in [0.05, 0.1) is 0 Å². The second-order valence-electron chi connectivity index (χ2n) is 2.68. The van der Waals surface area contributed by atoms with E-state index in [-0.39, 0.29) is 5.56 Å². The molecule has 0 saturated carbocycles. The fraction of sp³-hybridized carbons (Fsp3) is 0.286. The Morgan fingerprint density at radius 2 is 2.17 bits per heavy atom. The number of aryl methyl sites for hydroxylation is 2. The first-order valence-electron chi connectivity index (χ1n) is 3.60. The Kier molecular flexibility index (Phi) is 1.27. The van der Waals surface area contributed by atoms with Gasteiger partial charge in [-0.1, -0.05) is 0 Å². The molecule has 0 aliphatic carbocycles. The van der Waals surface area contributed by atoms with Crippen LogP contribution in [-0.2, 0) is 0 Å². The van der Waals surface area contributed by atoms with Crippen LogP contribution >= 0.6 is 0 Å². The van der Waals surface area contributed by atoms with Crippen molar-refractivity contribution in [3.63, 3.8) is 0 Å². The Labute approximate surface area is 68.1 Å². The van der Waals surface area contributed by atoms with Crippen LogP contribution in [0.3, 0.4) is 0 Å². The minimum absolute atomic E-state index is 0.127. The van der Waals surface area contributed by atoms with E-state index in [1.54, 1.807) is 13.8 Å². The molecule has 0 radical (unpaired) electrons. The fourth-order valence-electron chi connectivity index (χ4n) is 1.10. The van der Waals surface area contributed by atoms with Crippen LogP contribution in [0.1, 0.15) is 11.5 Å². The summed E-state index contributed by atoms with van der Waals surface area (Å²) in [7, 11) is 0.